The van der Waals surface area contributed by atoms with E-state index in [2.05, 4.69) is 0 Å². The lowest BCUT2D eigenvalue weighted by atomic mass is 10.1. The molecular weight excluding hydrogens is 429 g/mol. The Balaban J connectivity index is 1.90. The Bertz CT molecular complexity index is 1380. The summed E-state index contributed by atoms with van der Waals surface area (Å²) >= 11 is 0. The molecule has 0 aliphatic carbocycles. The van der Waals surface area contributed by atoms with Gasteiger partial charge >= 0.3 is 0 Å². The van der Waals surface area contributed by atoms with E-state index in [-0.39, 0.29) is 17.0 Å². The smallest absolute Gasteiger partial charge is 0.266 e. The maximum Gasteiger partial charge on any atom is 0.266 e. The fourth-order valence-electron chi connectivity index (χ4n) is 4.10. The van der Waals surface area contributed by atoms with Gasteiger partial charge in [-0.1, -0.05) is 49.2 Å². The van der Waals surface area contributed by atoms with Crippen molar-refractivity contribution in [3.8, 4) is 5.69 Å². The minimum Gasteiger partial charge on any atom is -0.329 e. The maximum atomic E-state index is 13.9. The number of amides is 1. The quantitative estimate of drug-likeness (QED) is 0.350. The van der Waals surface area contributed by atoms with Gasteiger partial charge in [0.1, 0.15) is 11.6 Å². The summed E-state index contributed by atoms with van der Waals surface area (Å²) in [5.41, 5.74) is 2.42. The number of fused-ring (bicyclic) bond motifs is 1. The first-order valence-corrected chi connectivity index (χ1v) is 11.6. The zero-order valence-corrected chi connectivity index (χ0v) is 19.7. The van der Waals surface area contributed by atoms with Crippen LogP contribution in [0.1, 0.15) is 54.5 Å². The molecule has 4 aromatic rings. The Morgan fingerprint density at radius 2 is 1.79 bits per heavy atom. The predicted molar refractivity (Wildman–Crippen MR) is 133 cm³/mol. The molecule has 1 unspecified atom stereocenters. The molecule has 1 amide bonds. The minimum absolute atomic E-state index is 0.190. The van der Waals surface area contributed by atoms with Gasteiger partial charge < -0.3 is 4.90 Å². The summed E-state index contributed by atoms with van der Waals surface area (Å²) in [4.78, 5) is 33.7. The Labute approximate surface area is 198 Å². The lowest BCUT2D eigenvalue weighted by Crippen LogP contribution is -2.38. The van der Waals surface area contributed by atoms with E-state index in [9.17, 15) is 14.0 Å². The first-order chi connectivity index (χ1) is 16.4. The summed E-state index contributed by atoms with van der Waals surface area (Å²) in [5.74, 6) is -0.291. The van der Waals surface area contributed by atoms with Crippen LogP contribution < -0.4 is 5.56 Å². The third-order valence-corrected chi connectivity index (χ3v) is 6.02. The van der Waals surface area contributed by atoms with Crippen molar-refractivity contribution in [2.75, 3.05) is 6.54 Å². The molecule has 174 valence electrons. The Morgan fingerprint density at radius 1 is 1.06 bits per heavy atom. The summed E-state index contributed by atoms with van der Waals surface area (Å²) in [6.07, 6.45) is 1.66. The van der Waals surface area contributed by atoms with Crippen LogP contribution in [0, 0.1) is 12.7 Å². The number of halogens is 1. The highest BCUT2D eigenvalue weighted by atomic mass is 19.1. The number of unbranched alkanes of at least 4 members (excludes halogenated alkanes) is 1. The third kappa shape index (κ3) is 4.62. The number of carbonyl (C=O) groups excluding carboxylic acids is 1. The van der Waals surface area contributed by atoms with Crippen molar-refractivity contribution in [3.63, 3.8) is 0 Å². The molecule has 0 aliphatic heterocycles. The predicted octanol–water partition coefficient (Wildman–Crippen LogP) is 5.84. The van der Waals surface area contributed by atoms with Gasteiger partial charge in [-0.3, -0.25) is 14.2 Å². The normalized spacial score (nSPS) is 12.0. The van der Waals surface area contributed by atoms with E-state index in [1.807, 2.05) is 57.2 Å². The van der Waals surface area contributed by atoms with E-state index in [4.69, 9.17) is 4.98 Å². The van der Waals surface area contributed by atoms with E-state index in [0.717, 1.165) is 18.4 Å². The van der Waals surface area contributed by atoms with Crippen molar-refractivity contribution < 1.29 is 9.18 Å². The molecule has 1 aromatic heterocycles. The SMILES string of the molecule is CCCCN(C(=O)c1cccc(F)c1)C(C)c1nc2ccccc2c(=O)n1-c1ccc(C)cc1. The Morgan fingerprint density at radius 3 is 2.50 bits per heavy atom. The number of aryl methyl sites for hydroxylation is 1. The average Bonchev–Trinajstić information content (AvgIpc) is 2.84. The molecular formula is C28H28FN3O2. The van der Waals surface area contributed by atoms with Gasteiger partial charge in [0, 0.05) is 12.1 Å². The molecule has 0 radical (unpaired) electrons. The first-order valence-electron chi connectivity index (χ1n) is 11.6. The summed E-state index contributed by atoms with van der Waals surface area (Å²) in [7, 11) is 0. The lowest BCUT2D eigenvalue weighted by molar-refractivity contribution is 0.0677. The fourth-order valence-corrected chi connectivity index (χ4v) is 4.10. The van der Waals surface area contributed by atoms with Crippen molar-refractivity contribution in [3.05, 3.63) is 106 Å². The standard InChI is InChI=1S/C28H28FN3O2/c1-4-5-17-31(27(33)21-9-8-10-22(29)18-21)20(3)26-30-25-12-7-6-11-24(25)28(34)32(26)23-15-13-19(2)14-16-23/h6-16,18,20H,4-5,17H2,1-3H3. The van der Waals surface area contributed by atoms with E-state index >= 15 is 0 Å². The molecule has 0 aliphatic rings. The molecule has 0 fully saturated rings. The summed E-state index contributed by atoms with van der Waals surface area (Å²) in [6.45, 7) is 6.36. The molecule has 3 aromatic carbocycles. The van der Waals surface area contributed by atoms with E-state index < -0.39 is 11.9 Å². The van der Waals surface area contributed by atoms with E-state index in [1.54, 1.807) is 27.7 Å². The van der Waals surface area contributed by atoms with Gasteiger partial charge in [-0.25, -0.2) is 9.37 Å². The topological polar surface area (TPSA) is 55.2 Å². The van der Waals surface area contributed by atoms with E-state index in [0.29, 0.717) is 29.0 Å². The number of nitrogens with zero attached hydrogens (tertiary/aromatic N) is 3. The molecule has 1 atom stereocenters. The van der Waals surface area contributed by atoms with Crippen LogP contribution in [0.25, 0.3) is 16.6 Å². The molecule has 1 heterocycles. The maximum absolute atomic E-state index is 13.9. The molecule has 5 nitrogen and oxygen atoms in total. The number of aromatic nitrogens is 2. The van der Waals surface area contributed by atoms with Crippen molar-refractivity contribution in [2.45, 2.75) is 39.7 Å². The van der Waals surface area contributed by atoms with Crippen LogP contribution in [0.3, 0.4) is 0 Å². The van der Waals surface area contributed by atoms with Gasteiger partial charge in [0.2, 0.25) is 0 Å². The highest BCUT2D eigenvalue weighted by Crippen LogP contribution is 2.25. The number of benzene rings is 3. The second kappa shape index (κ2) is 10.00. The van der Waals surface area contributed by atoms with Gasteiger partial charge in [0.25, 0.3) is 11.5 Å². The van der Waals surface area contributed by atoms with Crippen LogP contribution >= 0.6 is 0 Å². The lowest BCUT2D eigenvalue weighted by Gasteiger charge is -2.30. The van der Waals surface area contributed by atoms with Crippen molar-refractivity contribution >= 4 is 16.8 Å². The van der Waals surface area contributed by atoms with Gasteiger partial charge in [-0.15, -0.1) is 0 Å². The van der Waals surface area contributed by atoms with Gasteiger partial charge in [-0.05, 0) is 62.7 Å². The number of hydrogen-bond donors (Lipinski definition) is 0. The number of rotatable bonds is 7. The molecule has 0 spiro atoms. The minimum atomic E-state index is -0.527. The number of hydrogen-bond acceptors (Lipinski definition) is 3. The van der Waals surface area contributed by atoms with Crippen LogP contribution in [-0.2, 0) is 0 Å². The van der Waals surface area contributed by atoms with Gasteiger partial charge in [0.15, 0.2) is 0 Å². The van der Waals surface area contributed by atoms with Crippen molar-refractivity contribution in [2.24, 2.45) is 0 Å². The van der Waals surface area contributed by atoms with Gasteiger partial charge in [-0.2, -0.15) is 0 Å². The average molecular weight is 458 g/mol. The molecule has 34 heavy (non-hydrogen) atoms. The van der Waals surface area contributed by atoms with Crippen LogP contribution in [0.2, 0.25) is 0 Å². The fraction of sp³-hybridized carbons (Fsp3) is 0.250. The molecule has 0 saturated carbocycles. The van der Waals surface area contributed by atoms with Crippen LogP contribution in [-0.4, -0.2) is 26.9 Å². The molecule has 4 rings (SSSR count). The molecule has 0 saturated heterocycles. The van der Waals surface area contributed by atoms with Crippen LogP contribution in [0.4, 0.5) is 4.39 Å². The molecule has 0 bridgehead atoms. The first kappa shape index (κ1) is 23.4. The summed E-state index contributed by atoms with van der Waals surface area (Å²) in [5, 5.41) is 0.510. The van der Waals surface area contributed by atoms with Crippen molar-refractivity contribution in [1.29, 1.82) is 0 Å². The van der Waals surface area contributed by atoms with Crippen LogP contribution in [0.5, 0.6) is 0 Å². The second-order valence-corrected chi connectivity index (χ2v) is 8.50. The highest BCUT2D eigenvalue weighted by Gasteiger charge is 2.27. The van der Waals surface area contributed by atoms with E-state index in [1.165, 1.54) is 18.2 Å². The van der Waals surface area contributed by atoms with Crippen molar-refractivity contribution in [1.82, 2.24) is 14.5 Å². The summed E-state index contributed by atoms with van der Waals surface area (Å²) < 4.78 is 15.5. The van der Waals surface area contributed by atoms with Gasteiger partial charge in [0.05, 0.1) is 22.6 Å². The Hall–Kier alpha value is -3.80. The third-order valence-electron chi connectivity index (χ3n) is 6.02. The highest BCUT2D eigenvalue weighted by molar-refractivity contribution is 5.94. The molecule has 0 N–H and O–H groups in total. The number of carbonyl (C=O) groups is 1. The Kier molecular flexibility index (Phi) is 6.87. The largest absolute Gasteiger partial charge is 0.329 e. The summed E-state index contributed by atoms with van der Waals surface area (Å²) in [6, 6.07) is 20.0. The zero-order chi connectivity index (χ0) is 24.2. The zero-order valence-electron chi connectivity index (χ0n) is 19.7. The number of para-hydroxylation sites is 1. The monoisotopic (exact) mass is 457 g/mol. The second-order valence-electron chi connectivity index (χ2n) is 8.50. The molecule has 6 heteroatoms. The van der Waals surface area contributed by atoms with Crippen LogP contribution in [0.15, 0.2) is 77.6 Å².